The van der Waals surface area contributed by atoms with Gasteiger partial charge in [0, 0.05) is 11.4 Å². The van der Waals surface area contributed by atoms with Crippen LogP contribution < -0.4 is 5.32 Å². The van der Waals surface area contributed by atoms with Gasteiger partial charge >= 0.3 is 0 Å². The Bertz CT molecular complexity index is 783. The Labute approximate surface area is 146 Å². The normalized spacial score (nSPS) is 13.3. The van der Waals surface area contributed by atoms with Gasteiger partial charge in [-0.15, -0.1) is 0 Å². The fraction of sp³-hybridized carbons (Fsp3) is 0.304. The van der Waals surface area contributed by atoms with E-state index in [9.17, 15) is 0 Å². The van der Waals surface area contributed by atoms with Gasteiger partial charge in [0.1, 0.15) is 0 Å². The molecular formula is C23H27N. The number of fused-ring (bicyclic) bond motifs is 1. The molecule has 0 unspecified atom stereocenters. The molecule has 1 N–H and O–H groups in total. The van der Waals surface area contributed by atoms with Crippen molar-refractivity contribution < 1.29 is 0 Å². The van der Waals surface area contributed by atoms with Crippen LogP contribution in [0.4, 0.5) is 5.69 Å². The maximum Gasteiger partial charge on any atom is 0.0414 e. The van der Waals surface area contributed by atoms with Crippen molar-refractivity contribution in [2.45, 2.75) is 46.0 Å². The molecule has 3 rings (SSSR count). The number of nitrogens with one attached hydrogen (secondary N) is 1. The Morgan fingerprint density at radius 1 is 1.04 bits per heavy atom. The molecule has 24 heavy (non-hydrogen) atoms. The minimum absolute atomic E-state index is 1.04. The van der Waals surface area contributed by atoms with E-state index in [-0.39, 0.29) is 0 Å². The Hall–Kier alpha value is -2.28. The minimum atomic E-state index is 1.04. The van der Waals surface area contributed by atoms with E-state index in [1.54, 1.807) is 0 Å². The first kappa shape index (κ1) is 16.6. The molecule has 0 radical (unpaired) electrons. The summed E-state index contributed by atoms with van der Waals surface area (Å²) in [6, 6.07) is 13.6. The first-order valence-electron chi connectivity index (χ1n) is 8.91. The van der Waals surface area contributed by atoms with E-state index < -0.39 is 0 Å². The fourth-order valence-electron chi connectivity index (χ4n) is 3.41. The topological polar surface area (TPSA) is 12.0 Å². The van der Waals surface area contributed by atoms with Gasteiger partial charge in [-0.05, 0) is 72.9 Å². The summed E-state index contributed by atoms with van der Waals surface area (Å²) in [4.78, 5) is 0. The van der Waals surface area contributed by atoms with Gasteiger partial charge in [0.05, 0.1) is 0 Å². The first-order valence-corrected chi connectivity index (χ1v) is 8.91. The molecule has 0 fully saturated rings. The third-order valence-corrected chi connectivity index (χ3v) is 4.90. The first-order chi connectivity index (χ1) is 11.6. The maximum atomic E-state index is 4.16. The van der Waals surface area contributed by atoms with Gasteiger partial charge in [0.15, 0.2) is 0 Å². The van der Waals surface area contributed by atoms with E-state index in [1.165, 1.54) is 33.5 Å². The lowest BCUT2D eigenvalue weighted by molar-refractivity contribution is 0.901. The van der Waals surface area contributed by atoms with Crippen molar-refractivity contribution in [1.29, 1.82) is 0 Å². The fourth-order valence-corrected chi connectivity index (χ4v) is 3.41. The molecule has 2 aromatic rings. The number of hydrogen-bond acceptors (Lipinski definition) is 1. The lowest BCUT2D eigenvalue weighted by atomic mass is 9.92. The summed E-state index contributed by atoms with van der Waals surface area (Å²) < 4.78 is 0. The number of anilines is 1. The monoisotopic (exact) mass is 317 g/mol. The highest BCUT2D eigenvalue weighted by Crippen LogP contribution is 2.28. The highest BCUT2D eigenvalue weighted by Gasteiger charge is 2.12. The lowest BCUT2D eigenvalue weighted by Gasteiger charge is -2.21. The molecule has 1 heteroatoms. The number of hydrogen-bond donors (Lipinski definition) is 1. The minimum Gasteiger partial charge on any atom is -0.359 e. The molecular weight excluding hydrogens is 290 g/mol. The summed E-state index contributed by atoms with van der Waals surface area (Å²) in [6.45, 7) is 12.5. The zero-order chi connectivity index (χ0) is 17.1. The van der Waals surface area contributed by atoms with Crippen LogP contribution in [0.3, 0.4) is 0 Å². The molecule has 0 saturated carbocycles. The van der Waals surface area contributed by atoms with Gasteiger partial charge in [-0.2, -0.15) is 0 Å². The summed E-state index contributed by atoms with van der Waals surface area (Å²) in [7, 11) is 0. The molecule has 0 spiro atoms. The third kappa shape index (κ3) is 3.62. The van der Waals surface area contributed by atoms with Crippen LogP contribution in [0.1, 0.15) is 48.1 Å². The molecule has 0 atom stereocenters. The molecule has 1 aliphatic rings. The molecule has 0 aliphatic carbocycles. The van der Waals surface area contributed by atoms with Crippen molar-refractivity contribution >= 4 is 11.3 Å². The largest absolute Gasteiger partial charge is 0.359 e. The summed E-state index contributed by atoms with van der Waals surface area (Å²) in [5.74, 6) is 0. The van der Waals surface area contributed by atoms with Crippen molar-refractivity contribution in [2.75, 3.05) is 5.32 Å². The molecule has 0 saturated heterocycles. The highest BCUT2D eigenvalue weighted by molar-refractivity contribution is 5.65. The zero-order valence-corrected chi connectivity index (χ0v) is 14.9. The summed E-state index contributed by atoms with van der Waals surface area (Å²) in [6.07, 6.45) is 5.33. The van der Waals surface area contributed by atoms with E-state index in [1.807, 2.05) is 0 Å². The second kappa shape index (κ2) is 7.09. The molecule has 1 heterocycles. The molecule has 2 aromatic carbocycles. The van der Waals surface area contributed by atoms with Crippen LogP contribution in [0.15, 0.2) is 55.3 Å². The molecule has 0 amide bonds. The van der Waals surface area contributed by atoms with Crippen molar-refractivity contribution in [3.8, 4) is 0 Å². The van der Waals surface area contributed by atoms with Gasteiger partial charge in [0.2, 0.25) is 0 Å². The van der Waals surface area contributed by atoms with E-state index in [4.69, 9.17) is 0 Å². The third-order valence-electron chi connectivity index (χ3n) is 4.90. The van der Waals surface area contributed by atoms with Crippen LogP contribution in [0.2, 0.25) is 0 Å². The second-order valence-corrected chi connectivity index (χ2v) is 6.85. The predicted octanol–water partition coefficient (Wildman–Crippen LogP) is 5.94. The van der Waals surface area contributed by atoms with Crippen molar-refractivity contribution in [3.05, 3.63) is 83.1 Å². The second-order valence-electron chi connectivity index (χ2n) is 6.85. The van der Waals surface area contributed by atoms with Crippen LogP contribution in [-0.4, -0.2) is 0 Å². The van der Waals surface area contributed by atoms with E-state index in [2.05, 4.69) is 68.7 Å². The Balaban J connectivity index is 1.76. The summed E-state index contributed by atoms with van der Waals surface area (Å²) >= 11 is 0. The van der Waals surface area contributed by atoms with E-state index in [0.29, 0.717) is 0 Å². The number of rotatable bonds is 5. The van der Waals surface area contributed by atoms with E-state index >= 15 is 0 Å². The molecule has 124 valence electrons. The van der Waals surface area contributed by atoms with Crippen molar-refractivity contribution in [1.82, 2.24) is 0 Å². The van der Waals surface area contributed by atoms with Crippen LogP contribution in [0, 0.1) is 0 Å². The van der Waals surface area contributed by atoms with Crippen LogP contribution >= 0.6 is 0 Å². The highest BCUT2D eigenvalue weighted by atomic mass is 14.9. The summed E-state index contributed by atoms with van der Waals surface area (Å²) in [5.41, 5.74) is 10.5. The predicted molar refractivity (Wildman–Crippen MR) is 105 cm³/mol. The van der Waals surface area contributed by atoms with Gasteiger partial charge < -0.3 is 5.32 Å². The average Bonchev–Trinajstić information content (AvgIpc) is 2.59. The van der Waals surface area contributed by atoms with Gasteiger partial charge in [-0.1, -0.05) is 56.0 Å². The van der Waals surface area contributed by atoms with Crippen LogP contribution in [-0.2, 0) is 25.7 Å². The number of allylic oxidation sites excluding steroid dienone is 2. The smallest absolute Gasteiger partial charge is 0.0414 e. The van der Waals surface area contributed by atoms with Crippen molar-refractivity contribution in [2.24, 2.45) is 0 Å². The van der Waals surface area contributed by atoms with Crippen LogP contribution in [0.25, 0.3) is 5.57 Å². The van der Waals surface area contributed by atoms with E-state index in [0.717, 1.165) is 43.4 Å². The quantitative estimate of drug-likeness (QED) is 0.719. The lowest BCUT2D eigenvalue weighted by Crippen LogP contribution is -2.09. The Kier molecular flexibility index (Phi) is 4.89. The van der Waals surface area contributed by atoms with Gasteiger partial charge in [-0.25, -0.2) is 0 Å². The Morgan fingerprint density at radius 2 is 1.83 bits per heavy atom. The molecule has 0 aromatic heterocycles. The number of aryl methyl sites for hydroxylation is 4. The molecule has 1 aliphatic heterocycles. The van der Waals surface area contributed by atoms with Crippen molar-refractivity contribution in [3.63, 3.8) is 0 Å². The maximum absolute atomic E-state index is 4.16. The van der Waals surface area contributed by atoms with Gasteiger partial charge in [-0.3, -0.25) is 0 Å². The Morgan fingerprint density at radius 3 is 2.58 bits per heavy atom. The summed E-state index contributed by atoms with van der Waals surface area (Å²) in [5, 5.41) is 3.39. The van der Waals surface area contributed by atoms with Crippen LogP contribution in [0.5, 0.6) is 0 Å². The average molecular weight is 317 g/mol. The molecule has 0 bridgehead atoms. The number of benzene rings is 2. The molecule has 1 nitrogen and oxygen atoms in total. The van der Waals surface area contributed by atoms with Gasteiger partial charge in [0.25, 0.3) is 0 Å². The zero-order valence-electron chi connectivity index (χ0n) is 14.9. The SMILES string of the molecule is C=C1CCc2cc(CCc3ccc(CC)cc3C(=C)C)ccc2N1. The standard InChI is InChI=1S/C23H27N/c1-5-18-7-11-20(22(15-18)16(2)3)12-8-19-9-13-23-21(14-19)10-6-17(4)24-23/h7,9,11,13-15,24H,2,4-6,8,10,12H2,1,3H3.